The van der Waals surface area contributed by atoms with Gasteiger partial charge in [0.05, 0.1) is 6.33 Å². The van der Waals surface area contributed by atoms with Gasteiger partial charge in [0.2, 0.25) is 11.9 Å². The van der Waals surface area contributed by atoms with Gasteiger partial charge < -0.3 is 4.57 Å². The van der Waals surface area contributed by atoms with E-state index in [1.54, 1.807) is 10.9 Å². The predicted octanol–water partition coefficient (Wildman–Crippen LogP) is 1.13. The molecular formula is C14H13N5O2. The van der Waals surface area contributed by atoms with Gasteiger partial charge in [0.15, 0.2) is 11.2 Å². The highest BCUT2D eigenvalue weighted by Gasteiger charge is 2.11. The molecule has 106 valence electrons. The number of H-pyrrole nitrogens is 1. The Balaban J connectivity index is 2.02. The van der Waals surface area contributed by atoms with Crippen molar-refractivity contribution < 1.29 is 4.79 Å². The summed E-state index contributed by atoms with van der Waals surface area (Å²) >= 11 is 0. The average Bonchev–Trinajstić information content (AvgIpc) is 2.82. The van der Waals surface area contributed by atoms with E-state index in [9.17, 15) is 9.59 Å². The van der Waals surface area contributed by atoms with Crippen molar-refractivity contribution in [3.8, 4) is 0 Å². The molecule has 7 nitrogen and oxygen atoms in total. The Labute approximate surface area is 119 Å². The first-order chi connectivity index (χ1) is 10.1. The number of carbonyl (C=O) groups is 1. The van der Waals surface area contributed by atoms with Crippen molar-refractivity contribution in [1.29, 1.82) is 0 Å². The summed E-state index contributed by atoms with van der Waals surface area (Å²) in [6.07, 6.45) is 1.57. The second-order valence-corrected chi connectivity index (χ2v) is 4.63. The zero-order chi connectivity index (χ0) is 14.8. The molecule has 0 bridgehead atoms. The summed E-state index contributed by atoms with van der Waals surface area (Å²) in [6.45, 7) is 1.87. The minimum Gasteiger partial charge on any atom is -0.320 e. The number of hydrogen-bond donors (Lipinski definition) is 2. The number of benzene rings is 1. The van der Waals surface area contributed by atoms with Crippen molar-refractivity contribution in [3.05, 3.63) is 52.6 Å². The second-order valence-electron chi connectivity index (χ2n) is 4.63. The quantitative estimate of drug-likeness (QED) is 0.753. The zero-order valence-electron chi connectivity index (χ0n) is 11.3. The van der Waals surface area contributed by atoms with Crippen LogP contribution in [-0.2, 0) is 11.3 Å². The molecule has 3 aromatic rings. The number of aromatic amines is 1. The van der Waals surface area contributed by atoms with Crippen molar-refractivity contribution in [2.45, 2.75) is 13.5 Å². The van der Waals surface area contributed by atoms with Crippen LogP contribution >= 0.6 is 0 Å². The summed E-state index contributed by atoms with van der Waals surface area (Å²) in [5.41, 5.74) is 1.41. The fraction of sp³-hybridized carbons (Fsp3) is 0.143. The number of nitrogens with one attached hydrogen (secondary N) is 2. The number of carbonyl (C=O) groups excluding carboxylic acids is 1. The van der Waals surface area contributed by atoms with Crippen LogP contribution in [0.15, 0.2) is 41.5 Å². The molecule has 0 atom stereocenters. The molecule has 0 aliphatic heterocycles. The molecule has 2 N–H and O–H groups in total. The van der Waals surface area contributed by atoms with Gasteiger partial charge in [0.1, 0.15) is 0 Å². The van der Waals surface area contributed by atoms with E-state index in [2.05, 4.69) is 20.3 Å². The maximum absolute atomic E-state index is 12.1. The molecule has 0 saturated carbocycles. The third-order valence-electron chi connectivity index (χ3n) is 2.97. The summed E-state index contributed by atoms with van der Waals surface area (Å²) in [4.78, 5) is 33.9. The van der Waals surface area contributed by atoms with E-state index in [0.717, 1.165) is 5.56 Å². The van der Waals surface area contributed by atoms with Gasteiger partial charge >= 0.3 is 0 Å². The molecule has 0 aliphatic carbocycles. The lowest BCUT2D eigenvalue weighted by molar-refractivity contribution is -0.114. The predicted molar refractivity (Wildman–Crippen MR) is 78.0 cm³/mol. The molecule has 0 saturated heterocycles. The minimum absolute atomic E-state index is 0.102. The van der Waals surface area contributed by atoms with Crippen molar-refractivity contribution >= 4 is 23.0 Å². The molecule has 2 aromatic heterocycles. The number of hydrogen-bond acceptors (Lipinski definition) is 4. The van der Waals surface area contributed by atoms with Crippen LogP contribution in [0.3, 0.4) is 0 Å². The molecule has 0 unspecified atom stereocenters. The summed E-state index contributed by atoms with van der Waals surface area (Å²) in [7, 11) is 0. The number of anilines is 1. The van der Waals surface area contributed by atoms with Crippen LogP contribution in [0.1, 0.15) is 12.5 Å². The Morgan fingerprint density at radius 2 is 2.10 bits per heavy atom. The van der Waals surface area contributed by atoms with Gasteiger partial charge in [0.25, 0.3) is 5.56 Å². The lowest BCUT2D eigenvalue weighted by atomic mass is 10.2. The molecular weight excluding hydrogens is 270 g/mol. The van der Waals surface area contributed by atoms with Crippen molar-refractivity contribution in [3.63, 3.8) is 0 Å². The molecule has 3 rings (SSSR count). The molecule has 0 aliphatic rings. The van der Waals surface area contributed by atoms with Crippen molar-refractivity contribution in [2.75, 3.05) is 5.32 Å². The number of imidazole rings is 1. The van der Waals surface area contributed by atoms with E-state index >= 15 is 0 Å². The molecule has 2 heterocycles. The van der Waals surface area contributed by atoms with Crippen LogP contribution in [-0.4, -0.2) is 25.4 Å². The summed E-state index contributed by atoms with van der Waals surface area (Å²) in [5, 5.41) is 2.44. The first-order valence-corrected chi connectivity index (χ1v) is 6.40. The third kappa shape index (κ3) is 2.66. The molecule has 21 heavy (non-hydrogen) atoms. The fourth-order valence-electron chi connectivity index (χ4n) is 2.11. The number of fused-ring (bicyclic) bond motifs is 1. The SMILES string of the molecule is CC(=O)Nc1nc2ncn(Cc3ccccc3)c2c(=O)[nH]1. The molecule has 0 fully saturated rings. The highest BCUT2D eigenvalue weighted by atomic mass is 16.1. The van der Waals surface area contributed by atoms with Gasteiger partial charge in [0, 0.05) is 13.5 Å². The first-order valence-electron chi connectivity index (χ1n) is 6.40. The van der Waals surface area contributed by atoms with E-state index < -0.39 is 0 Å². The van der Waals surface area contributed by atoms with Crippen molar-refractivity contribution in [2.24, 2.45) is 0 Å². The fourth-order valence-corrected chi connectivity index (χ4v) is 2.11. The number of amides is 1. The van der Waals surface area contributed by atoms with Gasteiger partial charge in [-0.05, 0) is 5.56 Å². The standard InChI is InChI=1S/C14H13N5O2/c1-9(20)16-14-17-12-11(13(21)18-14)19(8-15-12)7-10-5-3-2-4-6-10/h2-6,8H,7H2,1H3,(H2,16,17,18,20,21). The van der Waals surface area contributed by atoms with Crippen LogP contribution in [0.5, 0.6) is 0 Å². The van der Waals surface area contributed by atoms with E-state index in [-0.39, 0.29) is 17.4 Å². The smallest absolute Gasteiger partial charge is 0.278 e. The van der Waals surface area contributed by atoms with E-state index in [1.807, 2.05) is 30.3 Å². The maximum atomic E-state index is 12.1. The normalized spacial score (nSPS) is 10.7. The lowest BCUT2D eigenvalue weighted by Gasteiger charge is -2.04. The Morgan fingerprint density at radius 3 is 2.81 bits per heavy atom. The van der Waals surface area contributed by atoms with E-state index in [4.69, 9.17) is 0 Å². The lowest BCUT2D eigenvalue weighted by Crippen LogP contribution is -2.17. The minimum atomic E-state index is -0.336. The second kappa shape index (κ2) is 5.20. The Bertz CT molecular complexity index is 851. The number of rotatable bonds is 3. The largest absolute Gasteiger partial charge is 0.320 e. The molecule has 0 spiro atoms. The van der Waals surface area contributed by atoms with Crippen LogP contribution < -0.4 is 10.9 Å². The molecule has 7 heteroatoms. The summed E-state index contributed by atoms with van der Waals surface area (Å²) in [5.74, 6) is -0.203. The highest BCUT2D eigenvalue weighted by molar-refractivity contribution is 5.87. The van der Waals surface area contributed by atoms with Gasteiger partial charge in [-0.25, -0.2) is 4.98 Å². The maximum Gasteiger partial charge on any atom is 0.278 e. The van der Waals surface area contributed by atoms with Crippen LogP contribution in [0.25, 0.3) is 11.2 Å². The molecule has 0 radical (unpaired) electrons. The third-order valence-corrected chi connectivity index (χ3v) is 2.97. The molecule has 1 aromatic carbocycles. The van der Waals surface area contributed by atoms with Crippen LogP contribution in [0.2, 0.25) is 0 Å². The Hall–Kier alpha value is -2.96. The van der Waals surface area contributed by atoms with Gasteiger partial charge in [-0.15, -0.1) is 0 Å². The van der Waals surface area contributed by atoms with E-state index in [1.165, 1.54) is 6.92 Å². The van der Waals surface area contributed by atoms with Gasteiger partial charge in [-0.2, -0.15) is 4.98 Å². The van der Waals surface area contributed by atoms with Gasteiger partial charge in [-0.1, -0.05) is 30.3 Å². The highest BCUT2D eigenvalue weighted by Crippen LogP contribution is 2.10. The monoisotopic (exact) mass is 283 g/mol. The Morgan fingerprint density at radius 1 is 1.33 bits per heavy atom. The van der Waals surface area contributed by atoms with E-state index in [0.29, 0.717) is 17.7 Å². The van der Waals surface area contributed by atoms with Crippen LogP contribution in [0.4, 0.5) is 5.95 Å². The molecule has 1 amide bonds. The topological polar surface area (TPSA) is 92.7 Å². The Kier molecular flexibility index (Phi) is 3.23. The number of nitrogens with zero attached hydrogens (tertiary/aromatic N) is 3. The number of aromatic nitrogens is 4. The van der Waals surface area contributed by atoms with Crippen molar-refractivity contribution in [1.82, 2.24) is 19.5 Å². The summed E-state index contributed by atoms with van der Waals surface area (Å²) in [6, 6.07) is 9.75. The van der Waals surface area contributed by atoms with Gasteiger partial charge in [-0.3, -0.25) is 19.9 Å². The zero-order valence-corrected chi connectivity index (χ0v) is 11.3. The summed E-state index contributed by atoms with van der Waals surface area (Å²) < 4.78 is 1.73. The average molecular weight is 283 g/mol. The first kappa shape index (κ1) is 13.0. The van der Waals surface area contributed by atoms with Crippen LogP contribution in [0, 0.1) is 0 Å².